The molecule has 3 heterocycles. The summed E-state index contributed by atoms with van der Waals surface area (Å²) in [6.07, 6.45) is 12.3. The van der Waals surface area contributed by atoms with Gasteiger partial charge in [-0.05, 0) is 131 Å². The lowest BCUT2D eigenvalue weighted by molar-refractivity contribution is -0.121. The number of aliphatic imine (C=N–C) groups is 1. The molecule has 3 atom stereocenters. The number of aliphatic hydroxyl groups is 1. The number of amidine groups is 1. The molecule has 1 aromatic heterocycles. The van der Waals surface area contributed by atoms with Crippen LogP contribution in [0, 0.1) is 0 Å². The van der Waals surface area contributed by atoms with Gasteiger partial charge in [0.25, 0.3) is 0 Å². The van der Waals surface area contributed by atoms with Crippen LogP contribution >= 0.6 is 11.9 Å². The maximum absolute atomic E-state index is 13.7. The molecule has 0 radical (unpaired) electrons. The number of aliphatic hydroxyl groups excluding tert-OH is 1. The van der Waals surface area contributed by atoms with Crippen molar-refractivity contribution < 1.29 is 19.5 Å². The van der Waals surface area contributed by atoms with Gasteiger partial charge >= 0.3 is 0 Å². The molecule has 2 saturated carbocycles. The van der Waals surface area contributed by atoms with E-state index in [-0.39, 0.29) is 48.8 Å². The van der Waals surface area contributed by atoms with E-state index < -0.39 is 5.41 Å². The molecule has 1 saturated heterocycles. The second-order valence-corrected chi connectivity index (χ2v) is 18.7. The van der Waals surface area contributed by atoms with Crippen molar-refractivity contribution in [1.29, 1.82) is 0 Å². The van der Waals surface area contributed by atoms with E-state index in [9.17, 15) is 19.5 Å². The van der Waals surface area contributed by atoms with Crippen molar-refractivity contribution in [2.45, 2.75) is 160 Å². The summed E-state index contributed by atoms with van der Waals surface area (Å²) in [5.74, 6) is 1.69. The molecule has 3 fully saturated rings. The molecule has 2 aromatic carbocycles. The Morgan fingerprint density at radius 1 is 1.09 bits per heavy atom. The number of hydrogen-bond donors (Lipinski definition) is 5. The third-order valence-electron chi connectivity index (χ3n) is 12.8. The van der Waals surface area contributed by atoms with Crippen molar-refractivity contribution in [3.8, 4) is 0 Å². The van der Waals surface area contributed by atoms with Crippen molar-refractivity contribution in [3.05, 3.63) is 70.9 Å². The molecule has 356 valence electrons. The van der Waals surface area contributed by atoms with Crippen molar-refractivity contribution in [2.24, 2.45) is 10.7 Å². The van der Waals surface area contributed by atoms with Crippen LogP contribution in [0.1, 0.15) is 147 Å². The molecular weight excluding hydrogens is 837 g/mol. The fraction of sp³-hybridized carbons (Fsp3) is 0.600. The fourth-order valence-corrected chi connectivity index (χ4v) is 10.1. The van der Waals surface area contributed by atoms with E-state index in [1.54, 1.807) is 0 Å². The lowest BCUT2D eigenvalue weighted by Gasteiger charge is -2.33. The van der Waals surface area contributed by atoms with Crippen LogP contribution in [0.15, 0.2) is 58.5 Å². The average molecular weight is 913 g/mol. The van der Waals surface area contributed by atoms with Gasteiger partial charge in [-0.1, -0.05) is 66.2 Å². The number of likely N-dealkylation sites (tertiary alicyclic amines) is 1. The Labute approximate surface area is 392 Å². The SMILES string of the molecule is CC.CCC.CC[C@H](CCN(CC)Sc1cccc(CN2CCC(c3ccc(C(N)=NC(=O)CCNC=O)c(NC)c3)CC2)c1)Nc1ncc2c(n1)N(C1CCC[C@@H](O)C1)C(=O)C21CC1. The van der Waals surface area contributed by atoms with Crippen molar-refractivity contribution >= 4 is 53.5 Å². The van der Waals surface area contributed by atoms with E-state index in [1.807, 2.05) is 50.0 Å². The summed E-state index contributed by atoms with van der Waals surface area (Å²) in [5, 5.41) is 19.7. The van der Waals surface area contributed by atoms with Crippen LogP contribution in [0.4, 0.5) is 17.5 Å². The monoisotopic (exact) mass is 913 g/mol. The standard InChI is InChI=1S/C45H62N10O4S.C3H8.C2H6/c1-4-33(50-44-49-27-38-42(52-44)55(43(59)45(38)18-19-45)34-9-7-10-35(57)26-34)17-23-54(5-2)60-36-11-6-8-30(24-36)28-53-21-15-31(16-22-53)32-12-13-37(39(25-32)47-3)41(46)51-40(58)14-20-48-29-56;1-3-2;1-2/h6,8,11-13,24-25,27,29,31,33-35,47,57H,4-5,7,9-10,14-23,26,28H2,1-3H3,(H,48,56)(H2,46,51,58)(H,49,50,52);3H2,1-2H3;1-2H3/t33-,34?,35-;;/m1../s1. The number of fused-ring (bicyclic) bond motifs is 2. The van der Waals surface area contributed by atoms with Gasteiger partial charge in [0.2, 0.25) is 24.2 Å². The number of benzene rings is 2. The topological polar surface area (TPSA) is 181 Å². The molecule has 2 aliphatic carbocycles. The number of nitrogens with one attached hydrogen (secondary N) is 3. The molecule has 0 bridgehead atoms. The average Bonchev–Trinajstić information content (AvgIpc) is 4.09. The summed E-state index contributed by atoms with van der Waals surface area (Å²) in [6.45, 7) is 17.6. The number of nitrogens with zero attached hydrogens (tertiary/aromatic N) is 6. The summed E-state index contributed by atoms with van der Waals surface area (Å²) in [5.41, 5.74) is 10.8. The number of rotatable bonds is 19. The highest BCUT2D eigenvalue weighted by molar-refractivity contribution is 7.97. The quantitative estimate of drug-likeness (QED) is 0.0258. The first-order valence-electron chi connectivity index (χ1n) is 24.3. The van der Waals surface area contributed by atoms with E-state index in [0.29, 0.717) is 30.3 Å². The zero-order valence-corrected chi connectivity index (χ0v) is 40.9. The first-order chi connectivity index (χ1) is 31.6. The maximum Gasteiger partial charge on any atom is 0.249 e. The van der Waals surface area contributed by atoms with E-state index in [4.69, 9.17) is 15.7 Å². The molecule has 1 unspecified atom stereocenters. The molecule has 7 rings (SSSR count). The summed E-state index contributed by atoms with van der Waals surface area (Å²) in [4.78, 5) is 55.8. The highest BCUT2D eigenvalue weighted by Gasteiger charge is 2.61. The Kier molecular flexibility index (Phi) is 20.1. The van der Waals surface area contributed by atoms with Crippen LogP contribution in [0.2, 0.25) is 0 Å². The van der Waals surface area contributed by atoms with Crippen LogP contribution in [0.25, 0.3) is 0 Å². The number of nitrogens with two attached hydrogens (primary N) is 1. The van der Waals surface area contributed by atoms with Gasteiger partial charge in [-0.3, -0.25) is 24.2 Å². The third kappa shape index (κ3) is 13.5. The predicted octanol–water partition coefficient (Wildman–Crippen LogP) is 8.00. The first kappa shape index (κ1) is 51.4. The number of carbonyl (C=O) groups excluding carboxylic acids is 3. The zero-order chi connectivity index (χ0) is 46.9. The summed E-state index contributed by atoms with van der Waals surface area (Å²) in [6, 6.07) is 15.3. The summed E-state index contributed by atoms with van der Waals surface area (Å²) in [7, 11) is 1.84. The molecule has 4 aliphatic rings. The number of carbonyl (C=O) groups is 3. The Hall–Kier alpha value is -4.57. The number of hydrogen-bond acceptors (Lipinski definition) is 11. The highest BCUT2D eigenvalue weighted by atomic mass is 32.2. The minimum absolute atomic E-state index is 0.00760. The molecule has 1 spiro atoms. The largest absolute Gasteiger partial charge is 0.393 e. The highest BCUT2D eigenvalue weighted by Crippen LogP contribution is 2.57. The van der Waals surface area contributed by atoms with Gasteiger partial charge in [0.15, 0.2) is 0 Å². The van der Waals surface area contributed by atoms with Gasteiger partial charge in [0.05, 0.1) is 11.5 Å². The van der Waals surface area contributed by atoms with Crippen molar-refractivity contribution in [2.75, 3.05) is 55.3 Å². The van der Waals surface area contributed by atoms with Gasteiger partial charge in [-0.25, -0.2) is 9.29 Å². The van der Waals surface area contributed by atoms with Crippen LogP contribution in [-0.4, -0.2) is 106 Å². The number of amides is 3. The molecule has 2 aliphatic heterocycles. The molecule has 65 heavy (non-hydrogen) atoms. The Morgan fingerprint density at radius 2 is 1.85 bits per heavy atom. The Morgan fingerprint density at radius 3 is 2.51 bits per heavy atom. The Bertz CT molecular complexity index is 2040. The maximum atomic E-state index is 13.7. The second kappa shape index (κ2) is 25.4. The number of anilines is 3. The number of aromatic nitrogens is 2. The Balaban J connectivity index is 0.00000152. The third-order valence-corrected chi connectivity index (χ3v) is 13.9. The van der Waals surface area contributed by atoms with Gasteiger partial charge in [-0.15, -0.1) is 0 Å². The normalized spacial score (nSPS) is 19.7. The van der Waals surface area contributed by atoms with Crippen LogP contribution in [0.3, 0.4) is 0 Å². The lowest BCUT2D eigenvalue weighted by atomic mass is 9.88. The second-order valence-electron chi connectivity index (χ2n) is 17.5. The van der Waals surface area contributed by atoms with Gasteiger partial charge in [0, 0.05) is 79.6 Å². The summed E-state index contributed by atoms with van der Waals surface area (Å²) < 4.78 is 2.42. The van der Waals surface area contributed by atoms with E-state index in [0.717, 1.165) is 108 Å². The molecular formula is C50H76N10O4S. The molecule has 15 heteroatoms. The zero-order valence-electron chi connectivity index (χ0n) is 40.1. The molecule has 3 amide bonds. The lowest BCUT2D eigenvalue weighted by Crippen LogP contribution is -2.44. The minimum atomic E-state index is -0.449. The fourth-order valence-electron chi connectivity index (χ4n) is 9.12. The van der Waals surface area contributed by atoms with Gasteiger partial charge in [-0.2, -0.15) is 9.98 Å². The van der Waals surface area contributed by atoms with Crippen LogP contribution in [0.5, 0.6) is 0 Å². The molecule has 14 nitrogen and oxygen atoms in total. The van der Waals surface area contributed by atoms with Gasteiger partial charge < -0.3 is 26.8 Å². The minimum Gasteiger partial charge on any atom is -0.393 e. The van der Waals surface area contributed by atoms with E-state index in [1.165, 1.54) is 22.4 Å². The van der Waals surface area contributed by atoms with Gasteiger partial charge in [0.1, 0.15) is 11.7 Å². The predicted molar refractivity (Wildman–Crippen MR) is 266 cm³/mol. The summed E-state index contributed by atoms with van der Waals surface area (Å²) >= 11 is 1.81. The smallest absolute Gasteiger partial charge is 0.249 e. The van der Waals surface area contributed by atoms with Crippen molar-refractivity contribution in [3.63, 3.8) is 0 Å². The molecule has 6 N–H and O–H groups in total. The van der Waals surface area contributed by atoms with E-state index >= 15 is 0 Å². The van der Waals surface area contributed by atoms with E-state index in [2.05, 4.69) is 94.2 Å². The van der Waals surface area contributed by atoms with Crippen LogP contribution in [-0.2, 0) is 26.3 Å². The van der Waals surface area contributed by atoms with Crippen LogP contribution < -0.4 is 26.6 Å². The first-order valence-corrected chi connectivity index (χ1v) is 25.1. The van der Waals surface area contributed by atoms with Crippen molar-refractivity contribution in [1.82, 2.24) is 24.5 Å². The molecule has 3 aromatic rings. The number of piperidine rings is 1.